The number of nitrogens with zero attached hydrogens (tertiary/aromatic N) is 2. The van der Waals surface area contributed by atoms with Crippen LogP contribution >= 0.6 is 22.9 Å². The molecule has 1 aliphatic heterocycles. The Balaban J connectivity index is 1.94. The van der Waals surface area contributed by atoms with Gasteiger partial charge in [0.1, 0.15) is 23.9 Å². The minimum absolute atomic E-state index is 0.0976. The third kappa shape index (κ3) is 4.21. The molecule has 2 heterocycles. The van der Waals surface area contributed by atoms with Gasteiger partial charge in [0.2, 0.25) is 5.91 Å². The van der Waals surface area contributed by atoms with Gasteiger partial charge in [0.05, 0.1) is 31.9 Å². The summed E-state index contributed by atoms with van der Waals surface area (Å²) < 4.78 is 16.9. The number of anilines is 2. The number of benzene rings is 2. The summed E-state index contributed by atoms with van der Waals surface area (Å²) in [6, 6.07) is 12.1. The summed E-state index contributed by atoms with van der Waals surface area (Å²) in [5.41, 5.74) is 1.25. The van der Waals surface area contributed by atoms with Gasteiger partial charge < -0.3 is 14.2 Å². The van der Waals surface area contributed by atoms with Crippen molar-refractivity contribution in [1.29, 1.82) is 0 Å². The molecular weight excluding hydrogens is 468 g/mol. The Morgan fingerprint density at radius 2 is 1.91 bits per heavy atom. The first-order valence-corrected chi connectivity index (χ1v) is 11.2. The highest BCUT2D eigenvalue weighted by Gasteiger charge is 2.39. The number of hydrogen-bond acceptors (Lipinski definition) is 7. The van der Waals surface area contributed by atoms with Gasteiger partial charge in [-0.05, 0) is 24.3 Å². The first-order valence-electron chi connectivity index (χ1n) is 9.98. The van der Waals surface area contributed by atoms with Gasteiger partial charge in [-0.1, -0.05) is 35.1 Å². The molecular formula is C23H21ClN2O6S. The monoisotopic (exact) mass is 488 g/mol. The first-order chi connectivity index (χ1) is 15.9. The second kappa shape index (κ2) is 9.29. The SMILES string of the molecule is COC(=O)Cn1c2c(sc1=O)[C@H](c1ccc(OC)cc1OC)CC(=O)N2c1cccc(Cl)c1. The van der Waals surface area contributed by atoms with Crippen molar-refractivity contribution in [3.8, 4) is 11.5 Å². The van der Waals surface area contributed by atoms with Crippen LogP contribution in [0.2, 0.25) is 5.02 Å². The van der Waals surface area contributed by atoms with E-state index in [4.69, 9.17) is 25.8 Å². The zero-order chi connectivity index (χ0) is 23.7. The molecule has 0 N–H and O–H groups in total. The van der Waals surface area contributed by atoms with Crippen molar-refractivity contribution in [3.05, 3.63) is 67.6 Å². The highest BCUT2D eigenvalue weighted by molar-refractivity contribution is 7.10. The van der Waals surface area contributed by atoms with E-state index in [1.54, 1.807) is 43.5 Å². The maximum atomic E-state index is 13.5. The molecule has 172 valence electrons. The lowest BCUT2D eigenvalue weighted by Crippen LogP contribution is -2.36. The predicted molar refractivity (Wildman–Crippen MR) is 125 cm³/mol. The van der Waals surface area contributed by atoms with Gasteiger partial charge in [-0.15, -0.1) is 0 Å². The average molecular weight is 489 g/mol. The van der Waals surface area contributed by atoms with Gasteiger partial charge in [0.25, 0.3) is 0 Å². The molecule has 0 spiro atoms. The van der Waals surface area contributed by atoms with Gasteiger partial charge in [-0.2, -0.15) is 0 Å². The van der Waals surface area contributed by atoms with E-state index in [-0.39, 0.29) is 23.7 Å². The zero-order valence-corrected chi connectivity index (χ0v) is 19.7. The highest BCUT2D eigenvalue weighted by atomic mass is 35.5. The number of esters is 1. The molecule has 4 rings (SSSR count). The molecule has 1 aromatic heterocycles. The fraction of sp³-hybridized carbons (Fsp3) is 0.261. The molecule has 3 aromatic rings. The number of amides is 1. The van der Waals surface area contributed by atoms with E-state index in [0.717, 1.165) is 16.9 Å². The molecule has 33 heavy (non-hydrogen) atoms. The van der Waals surface area contributed by atoms with Crippen LogP contribution in [0, 0.1) is 0 Å². The molecule has 0 saturated heterocycles. The van der Waals surface area contributed by atoms with Crippen molar-refractivity contribution in [2.24, 2.45) is 0 Å². The lowest BCUT2D eigenvalue weighted by molar-refractivity contribution is -0.141. The number of ether oxygens (including phenoxy) is 3. The molecule has 2 aromatic carbocycles. The fourth-order valence-electron chi connectivity index (χ4n) is 3.92. The van der Waals surface area contributed by atoms with Crippen LogP contribution < -0.4 is 19.2 Å². The summed E-state index contributed by atoms with van der Waals surface area (Å²) in [6.07, 6.45) is 0.0976. The standard InChI is InChI=1S/C23H21ClN2O6S/c1-30-15-7-8-16(18(10-15)31-2)17-11-19(27)26(14-6-4-5-13(24)9-14)22-21(17)33-23(29)25(22)12-20(28)32-3/h4-10,17H,11-12H2,1-3H3/t17-/m0/s1. The number of carbonyl (C=O) groups excluding carboxylic acids is 2. The smallest absolute Gasteiger partial charge is 0.325 e. The van der Waals surface area contributed by atoms with Crippen molar-refractivity contribution in [1.82, 2.24) is 4.57 Å². The maximum Gasteiger partial charge on any atom is 0.325 e. The summed E-state index contributed by atoms with van der Waals surface area (Å²) in [5, 5.41) is 0.442. The van der Waals surface area contributed by atoms with Crippen molar-refractivity contribution in [3.63, 3.8) is 0 Å². The van der Waals surface area contributed by atoms with E-state index in [9.17, 15) is 14.4 Å². The molecule has 0 aliphatic carbocycles. The van der Waals surface area contributed by atoms with Crippen LogP contribution in [0.1, 0.15) is 22.8 Å². The minimum atomic E-state index is -0.597. The highest BCUT2D eigenvalue weighted by Crippen LogP contribution is 2.47. The van der Waals surface area contributed by atoms with Crippen LogP contribution in [0.4, 0.5) is 11.5 Å². The zero-order valence-electron chi connectivity index (χ0n) is 18.2. The molecule has 1 amide bonds. The van der Waals surface area contributed by atoms with Crippen LogP contribution in [0.3, 0.4) is 0 Å². The number of rotatable bonds is 6. The van der Waals surface area contributed by atoms with E-state index in [0.29, 0.717) is 32.9 Å². The summed E-state index contributed by atoms with van der Waals surface area (Å²) in [6.45, 7) is -0.321. The van der Waals surface area contributed by atoms with Gasteiger partial charge in [0, 0.05) is 29.0 Å². The summed E-state index contributed by atoms with van der Waals surface area (Å²) in [5.74, 6) is 0.186. The molecule has 8 nitrogen and oxygen atoms in total. The lowest BCUT2D eigenvalue weighted by Gasteiger charge is -2.33. The Kier molecular flexibility index (Phi) is 6.44. The molecule has 0 saturated carbocycles. The van der Waals surface area contributed by atoms with E-state index in [2.05, 4.69) is 0 Å². The van der Waals surface area contributed by atoms with Crippen molar-refractivity contribution >= 4 is 46.3 Å². The second-order valence-corrected chi connectivity index (χ2v) is 8.72. The number of hydrogen-bond donors (Lipinski definition) is 0. The summed E-state index contributed by atoms with van der Waals surface area (Å²) >= 11 is 7.17. The third-order valence-corrected chi connectivity index (χ3v) is 6.76. The van der Waals surface area contributed by atoms with Gasteiger partial charge in [0.15, 0.2) is 0 Å². The Hall–Kier alpha value is -3.30. The molecule has 1 atom stereocenters. The maximum absolute atomic E-state index is 13.5. The van der Waals surface area contributed by atoms with Crippen molar-refractivity contribution in [2.45, 2.75) is 18.9 Å². The van der Waals surface area contributed by atoms with Crippen molar-refractivity contribution < 1.29 is 23.8 Å². The topological polar surface area (TPSA) is 87.1 Å². The van der Waals surface area contributed by atoms with Gasteiger partial charge >= 0.3 is 10.8 Å². The lowest BCUT2D eigenvalue weighted by atomic mass is 9.89. The number of thiazole rings is 1. The molecule has 0 radical (unpaired) electrons. The Bertz CT molecular complexity index is 1280. The summed E-state index contributed by atoms with van der Waals surface area (Å²) in [4.78, 5) is 40.3. The first kappa shape index (κ1) is 22.9. The number of fused-ring (bicyclic) bond motifs is 1. The van der Waals surface area contributed by atoms with Crippen molar-refractivity contribution in [2.75, 3.05) is 26.2 Å². The Morgan fingerprint density at radius 1 is 1.12 bits per heavy atom. The number of aromatic nitrogens is 1. The van der Waals surface area contributed by atoms with Gasteiger partial charge in [-0.25, -0.2) is 0 Å². The van der Waals surface area contributed by atoms with E-state index >= 15 is 0 Å². The second-order valence-electron chi connectivity index (χ2n) is 7.29. The predicted octanol–water partition coefficient (Wildman–Crippen LogP) is 3.95. The van der Waals surface area contributed by atoms with E-state index in [1.165, 1.54) is 23.7 Å². The molecule has 1 aliphatic rings. The number of methoxy groups -OCH3 is 3. The van der Waals surface area contributed by atoms with Crippen LogP contribution in [-0.2, 0) is 20.9 Å². The van der Waals surface area contributed by atoms with Crippen LogP contribution in [-0.4, -0.2) is 37.8 Å². The normalized spacial score (nSPS) is 15.2. The van der Waals surface area contributed by atoms with E-state index < -0.39 is 11.9 Å². The fourth-order valence-corrected chi connectivity index (χ4v) is 5.20. The number of halogens is 1. The van der Waals surface area contributed by atoms with Crippen LogP contribution in [0.25, 0.3) is 0 Å². The molecule has 0 fully saturated rings. The molecule has 10 heteroatoms. The Morgan fingerprint density at radius 3 is 2.58 bits per heavy atom. The van der Waals surface area contributed by atoms with E-state index in [1.807, 2.05) is 6.07 Å². The molecule has 0 bridgehead atoms. The minimum Gasteiger partial charge on any atom is -0.497 e. The van der Waals surface area contributed by atoms with Crippen LogP contribution in [0.15, 0.2) is 47.3 Å². The van der Waals surface area contributed by atoms with Crippen LogP contribution in [0.5, 0.6) is 11.5 Å². The molecule has 0 unspecified atom stereocenters. The average Bonchev–Trinajstić information content (AvgIpc) is 3.13. The Labute approximate surface area is 198 Å². The quantitative estimate of drug-likeness (QED) is 0.488. The third-order valence-electron chi connectivity index (χ3n) is 5.45. The number of carbonyl (C=O) groups is 2. The largest absolute Gasteiger partial charge is 0.497 e. The van der Waals surface area contributed by atoms with Gasteiger partial charge in [-0.3, -0.25) is 23.9 Å². The summed E-state index contributed by atoms with van der Waals surface area (Å²) in [7, 11) is 4.34.